The second-order valence-corrected chi connectivity index (χ2v) is 6.13. The van der Waals surface area contributed by atoms with E-state index in [0.717, 1.165) is 12.0 Å². The van der Waals surface area contributed by atoms with Crippen molar-refractivity contribution in [2.75, 3.05) is 0 Å². The Hall–Kier alpha value is -2.20. The molecule has 0 saturated carbocycles. The number of phenols is 2. The van der Waals surface area contributed by atoms with Crippen LogP contribution in [-0.2, 0) is 0 Å². The van der Waals surface area contributed by atoms with Crippen LogP contribution in [-0.4, -0.2) is 16.0 Å². The standard InChI is InChI=1S/C17H14O3S/c18-13-6-4-11(5-7-13)15-8-9-16(21-15)17(20)12-2-1-3-14(19)10-12/h1-7,9-10,15,18-19H,8H2. The predicted molar refractivity (Wildman–Crippen MR) is 83.6 cm³/mol. The first-order chi connectivity index (χ1) is 10.1. The third kappa shape index (κ3) is 2.95. The molecule has 3 nitrogen and oxygen atoms in total. The number of hydrogen-bond donors (Lipinski definition) is 2. The first kappa shape index (κ1) is 13.8. The summed E-state index contributed by atoms with van der Waals surface area (Å²) in [5.74, 6) is 0.280. The van der Waals surface area contributed by atoms with Crippen molar-refractivity contribution < 1.29 is 15.0 Å². The molecule has 1 aliphatic rings. The number of carbonyl (C=O) groups excluding carboxylic acids is 1. The maximum Gasteiger partial charge on any atom is 0.199 e. The SMILES string of the molecule is O=C(C1=CCC(c2ccc(O)cc2)S1)c1cccc(O)c1. The molecule has 3 rings (SSSR count). The van der Waals surface area contributed by atoms with Crippen LogP contribution in [0.1, 0.15) is 27.6 Å². The highest BCUT2D eigenvalue weighted by molar-refractivity contribution is 8.04. The van der Waals surface area contributed by atoms with Gasteiger partial charge in [-0.2, -0.15) is 0 Å². The Morgan fingerprint density at radius 1 is 1.05 bits per heavy atom. The van der Waals surface area contributed by atoms with Gasteiger partial charge < -0.3 is 10.2 Å². The zero-order valence-corrected chi connectivity index (χ0v) is 12.0. The lowest BCUT2D eigenvalue weighted by Crippen LogP contribution is -1.99. The number of Topliss-reactive ketones (excluding diaryl/α,β-unsaturated/α-hetero) is 1. The van der Waals surface area contributed by atoms with Crippen LogP contribution in [0, 0.1) is 0 Å². The Bertz CT molecular complexity index is 704. The molecule has 21 heavy (non-hydrogen) atoms. The molecule has 1 unspecified atom stereocenters. The quantitative estimate of drug-likeness (QED) is 0.840. The van der Waals surface area contributed by atoms with E-state index in [1.165, 1.54) is 17.8 Å². The number of aromatic hydroxyl groups is 2. The van der Waals surface area contributed by atoms with Gasteiger partial charge in [0.2, 0.25) is 0 Å². The fourth-order valence-corrected chi connectivity index (χ4v) is 3.50. The van der Waals surface area contributed by atoms with Gasteiger partial charge in [-0.25, -0.2) is 0 Å². The lowest BCUT2D eigenvalue weighted by molar-refractivity contribution is 0.104. The summed E-state index contributed by atoms with van der Waals surface area (Å²) >= 11 is 1.53. The Morgan fingerprint density at radius 2 is 1.81 bits per heavy atom. The lowest BCUT2D eigenvalue weighted by atomic mass is 10.1. The Balaban J connectivity index is 1.74. The first-order valence-electron chi connectivity index (χ1n) is 6.63. The average Bonchev–Trinajstić information content (AvgIpc) is 2.97. The van der Waals surface area contributed by atoms with E-state index in [0.29, 0.717) is 10.5 Å². The van der Waals surface area contributed by atoms with E-state index in [9.17, 15) is 15.0 Å². The molecule has 1 aliphatic heterocycles. The van der Waals surface area contributed by atoms with Crippen LogP contribution in [0.4, 0.5) is 0 Å². The van der Waals surface area contributed by atoms with Gasteiger partial charge in [0, 0.05) is 10.8 Å². The third-order valence-electron chi connectivity index (χ3n) is 3.38. The third-order valence-corrected chi connectivity index (χ3v) is 4.74. The number of carbonyl (C=O) groups is 1. The van der Waals surface area contributed by atoms with Gasteiger partial charge in [0.25, 0.3) is 0 Å². The molecule has 0 saturated heterocycles. The molecule has 0 radical (unpaired) electrons. The van der Waals surface area contributed by atoms with Gasteiger partial charge in [0.15, 0.2) is 5.78 Å². The molecule has 1 atom stereocenters. The van der Waals surface area contributed by atoms with Crippen molar-refractivity contribution in [2.45, 2.75) is 11.7 Å². The highest BCUT2D eigenvalue weighted by atomic mass is 32.2. The van der Waals surface area contributed by atoms with Gasteiger partial charge in [-0.05, 0) is 36.2 Å². The summed E-state index contributed by atoms with van der Waals surface area (Å²) in [6.45, 7) is 0. The largest absolute Gasteiger partial charge is 0.508 e. The smallest absolute Gasteiger partial charge is 0.199 e. The topological polar surface area (TPSA) is 57.5 Å². The minimum absolute atomic E-state index is 0.0582. The lowest BCUT2D eigenvalue weighted by Gasteiger charge is -2.10. The minimum Gasteiger partial charge on any atom is -0.508 e. The highest BCUT2D eigenvalue weighted by Gasteiger charge is 2.24. The molecule has 0 amide bonds. The number of hydrogen-bond acceptors (Lipinski definition) is 4. The first-order valence-corrected chi connectivity index (χ1v) is 7.51. The van der Waals surface area contributed by atoms with Crippen LogP contribution < -0.4 is 0 Å². The Morgan fingerprint density at radius 3 is 2.52 bits per heavy atom. The molecular weight excluding hydrogens is 284 g/mol. The Kier molecular flexibility index (Phi) is 3.71. The highest BCUT2D eigenvalue weighted by Crippen LogP contribution is 2.45. The van der Waals surface area contributed by atoms with Crippen LogP contribution in [0.15, 0.2) is 59.5 Å². The second-order valence-electron chi connectivity index (χ2n) is 4.88. The monoisotopic (exact) mass is 298 g/mol. The van der Waals surface area contributed by atoms with Crippen molar-refractivity contribution in [3.8, 4) is 11.5 Å². The van der Waals surface area contributed by atoms with Gasteiger partial charge in [0.1, 0.15) is 11.5 Å². The second kappa shape index (κ2) is 5.66. The number of rotatable bonds is 3. The normalized spacial score (nSPS) is 17.5. The molecule has 2 aromatic rings. The van der Waals surface area contributed by atoms with E-state index < -0.39 is 0 Å². The van der Waals surface area contributed by atoms with E-state index in [1.54, 1.807) is 30.3 Å². The van der Waals surface area contributed by atoms with Crippen LogP contribution in [0.5, 0.6) is 11.5 Å². The molecule has 0 fully saturated rings. The van der Waals surface area contributed by atoms with Gasteiger partial charge in [-0.1, -0.05) is 30.3 Å². The molecule has 0 aliphatic carbocycles. The van der Waals surface area contributed by atoms with E-state index in [4.69, 9.17) is 0 Å². The summed E-state index contributed by atoms with van der Waals surface area (Å²) in [5, 5.41) is 19.0. The predicted octanol–water partition coefficient (Wildman–Crippen LogP) is 4.04. The summed E-state index contributed by atoms with van der Waals surface area (Å²) in [7, 11) is 0. The molecule has 2 aromatic carbocycles. The van der Waals surface area contributed by atoms with Crippen LogP contribution in [0.25, 0.3) is 0 Å². The van der Waals surface area contributed by atoms with Gasteiger partial charge in [-0.15, -0.1) is 11.8 Å². The molecular formula is C17H14O3S. The summed E-state index contributed by atoms with van der Waals surface area (Å²) < 4.78 is 0. The average molecular weight is 298 g/mol. The maximum atomic E-state index is 12.4. The fraction of sp³-hybridized carbons (Fsp3) is 0.118. The number of thioether (sulfide) groups is 1. The van der Waals surface area contributed by atoms with E-state index >= 15 is 0 Å². The molecule has 2 N–H and O–H groups in total. The van der Waals surface area contributed by atoms with Crippen molar-refractivity contribution in [3.05, 3.63) is 70.6 Å². The number of allylic oxidation sites excluding steroid dienone is 2. The van der Waals surface area contributed by atoms with E-state index in [-0.39, 0.29) is 22.5 Å². The molecule has 1 heterocycles. The van der Waals surface area contributed by atoms with Crippen molar-refractivity contribution in [1.29, 1.82) is 0 Å². The molecule has 4 heteroatoms. The number of benzene rings is 2. The van der Waals surface area contributed by atoms with Gasteiger partial charge >= 0.3 is 0 Å². The van der Waals surface area contributed by atoms with Crippen LogP contribution in [0.3, 0.4) is 0 Å². The molecule has 0 bridgehead atoms. The molecule has 0 spiro atoms. The summed E-state index contributed by atoms with van der Waals surface area (Å²) in [5.41, 5.74) is 1.59. The van der Waals surface area contributed by atoms with E-state index in [1.807, 2.05) is 18.2 Å². The maximum absolute atomic E-state index is 12.4. The Labute approximate surface area is 126 Å². The van der Waals surface area contributed by atoms with Gasteiger partial charge in [0.05, 0.1) is 4.91 Å². The number of phenolic OH excluding ortho intramolecular Hbond substituents is 2. The zero-order chi connectivity index (χ0) is 14.8. The zero-order valence-electron chi connectivity index (χ0n) is 11.2. The molecule has 0 aromatic heterocycles. The van der Waals surface area contributed by atoms with Crippen molar-refractivity contribution >= 4 is 17.5 Å². The van der Waals surface area contributed by atoms with Crippen molar-refractivity contribution in [3.63, 3.8) is 0 Å². The molecule has 106 valence electrons. The van der Waals surface area contributed by atoms with Crippen molar-refractivity contribution in [2.24, 2.45) is 0 Å². The summed E-state index contributed by atoms with van der Waals surface area (Å²) in [6.07, 6.45) is 2.73. The summed E-state index contributed by atoms with van der Waals surface area (Å²) in [4.78, 5) is 13.1. The van der Waals surface area contributed by atoms with E-state index in [2.05, 4.69) is 0 Å². The summed E-state index contributed by atoms with van der Waals surface area (Å²) in [6, 6.07) is 13.5. The van der Waals surface area contributed by atoms with Gasteiger partial charge in [-0.3, -0.25) is 4.79 Å². The fourth-order valence-electron chi connectivity index (χ4n) is 2.29. The van der Waals surface area contributed by atoms with Crippen LogP contribution >= 0.6 is 11.8 Å². The number of ketones is 1. The minimum atomic E-state index is -0.0582. The van der Waals surface area contributed by atoms with Crippen molar-refractivity contribution in [1.82, 2.24) is 0 Å². The van der Waals surface area contributed by atoms with Crippen LogP contribution in [0.2, 0.25) is 0 Å².